The second-order valence-corrected chi connectivity index (χ2v) is 3.28. The third kappa shape index (κ3) is 1.50. The van der Waals surface area contributed by atoms with Crippen molar-refractivity contribution in [3.05, 3.63) is 23.8 Å². The Kier molecular flexibility index (Phi) is 2.31. The molecule has 0 amide bonds. The summed E-state index contributed by atoms with van der Waals surface area (Å²) in [7, 11) is 0. The first-order valence-electron chi connectivity index (χ1n) is 4.04. The molecule has 1 atom stereocenters. The molecule has 1 aliphatic rings. The van der Waals surface area contributed by atoms with Crippen LogP contribution in [0.4, 0.5) is 0 Å². The molecule has 0 aromatic heterocycles. The lowest BCUT2D eigenvalue weighted by Gasteiger charge is -2.21. The highest BCUT2D eigenvalue weighted by Crippen LogP contribution is 2.28. The first-order valence-corrected chi connectivity index (χ1v) is 4.04. The van der Waals surface area contributed by atoms with Crippen molar-refractivity contribution in [1.29, 1.82) is 0 Å². The Morgan fingerprint density at radius 2 is 2.40 bits per heavy atom. The van der Waals surface area contributed by atoms with Gasteiger partial charge in [0.05, 0.1) is 0 Å². The van der Waals surface area contributed by atoms with Gasteiger partial charge in [0.25, 0.3) is 0 Å². The first-order chi connectivity index (χ1) is 4.72. The average Bonchev–Trinajstić information content (AvgIpc) is 1.88. The minimum absolute atomic E-state index is 0.689. The van der Waals surface area contributed by atoms with Crippen molar-refractivity contribution >= 4 is 0 Å². The fourth-order valence-electron chi connectivity index (χ4n) is 1.66. The summed E-state index contributed by atoms with van der Waals surface area (Å²) < 4.78 is 0. The average molecular weight is 136 g/mol. The molecule has 0 heterocycles. The van der Waals surface area contributed by atoms with Crippen LogP contribution in [0.15, 0.2) is 23.8 Å². The zero-order valence-electron chi connectivity index (χ0n) is 6.98. The van der Waals surface area contributed by atoms with E-state index in [1.807, 2.05) is 0 Å². The maximum Gasteiger partial charge on any atom is -0.000120 e. The number of hydrogen-bond donors (Lipinski definition) is 0. The molecule has 0 saturated carbocycles. The van der Waals surface area contributed by atoms with Gasteiger partial charge in [-0.2, -0.15) is 0 Å². The van der Waals surface area contributed by atoms with Gasteiger partial charge in [-0.05, 0) is 39.0 Å². The Morgan fingerprint density at radius 1 is 1.70 bits per heavy atom. The molecule has 0 aromatic rings. The highest BCUT2D eigenvalue weighted by atomic mass is 14.2. The van der Waals surface area contributed by atoms with Gasteiger partial charge < -0.3 is 0 Å². The van der Waals surface area contributed by atoms with Crippen LogP contribution in [0.25, 0.3) is 0 Å². The lowest BCUT2D eigenvalue weighted by molar-refractivity contribution is 0.574. The van der Waals surface area contributed by atoms with E-state index in [0.29, 0.717) is 5.92 Å². The molecule has 0 radical (unpaired) electrons. The predicted octanol–water partition coefficient (Wildman–Crippen LogP) is 3.31. The van der Waals surface area contributed by atoms with Crippen molar-refractivity contribution in [2.24, 2.45) is 5.92 Å². The van der Waals surface area contributed by atoms with Crippen LogP contribution in [0, 0.1) is 5.92 Å². The quantitative estimate of drug-likeness (QED) is 0.485. The topological polar surface area (TPSA) is 0 Å². The summed E-state index contributed by atoms with van der Waals surface area (Å²) in [5.74, 6) is 0.689. The van der Waals surface area contributed by atoms with Crippen LogP contribution in [-0.2, 0) is 0 Å². The minimum Gasteiger partial charge on any atom is -0.0995 e. The van der Waals surface area contributed by atoms with E-state index in [1.165, 1.54) is 30.4 Å². The predicted molar refractivity (Wildman–Crippen MR) is 45.9 cm³/mol. The molecule has 56 valence electrons. The van der Waals surface area contributed by atoms with Crippen LogP contribution in [0.1, 0.15) is 33.1 Å². The summed E-state index contributed by atoms with van der Waals surface area (Å²) in [5, 5.41) is 0. The van der Waals surface area contributed by atoms with E-state index in [9.17, 15) is 0 Å². The molecule has 1 aliphatic carbocycles. The highest BCUT2D eigenvalue weighted by molar-refractivity contribution is 5.17. The summed E-state index contributed by atoms with van der Waals surface area (Å²) in [6.07, 6.45) is 6.28. The molecule has 0 N–H and O–H groups in total. The standard InChI is InChI=1S/C10H16/c1-8(2)10-7-5-4-6-9(10)3/h6,10H,1,4-5,7H2,2-3H3. The van der Waals surface area contributed by atoms with Crippen molar-refractivity contribution in [3.63, 3.8) is 0 Å². The number of rotatable bonds is 1. The van der Waals surface area contributed by atoms with Crippen molar-refractivity contribution in [3.8, 4) is 0 Å². The SMILES string of the molecule is C=C(C)C1CCCC=C1C. The van der Waals surface area contributed by atoms with Gasteiger partial charge in [-0.3, -0.25) is 0 Å². The summed E-state index contributed by atoms with van der Waals surface area (Å²) in [5.41, 5.74) is 2.85. The maximum absolute atomic E-state index is 3.99. The summed E-state index contributed by atoms with van der Waals surface area (Å²) in [6.45, 7) is 8.34. The van der Waals surface area contributed by atoms with E-state index in [-0.39, 0.29) is 0 Å². The Labute approximate surface area is 63.6 Å². The molecule has 0 saturated heterocycles. The van der Waals surface area contributed by atoms with Crippen LogP contribution in [0.5, 0.6) is 0 Å². The zero-order valence-corrected chi connectivity index (χ0v) is 6.98. The smallest absolute Gasteiger partial charge is 0.000120 e. The van der Waals surface area contributed by atoms with Gasteiger partial charge in [-0.25, -0.2) is 0 Å². The molecule has 1 unspecified atom stereocenters. The highest BCUT2D eigenvalue weighted by Gasteiger charge is 2.13. The molecule has 0 nitrogen and oxygen atoms in total. The number of allylic oxidation sites excluding steroid dienone is 3. The van der Waals surface area contributed by atoms with Gasteiger partial charge in [0.1, 0.15) is 0 Å². The van der Waals surface area contributed by atoms with Gasteiger partial charge in [0.2, 0.25) is 0 Å². The fraction of sp³-hybridized carbons (Fsp3) is 0.600. The van der Waals surface area contributed by atoms with E-state index in [4.69, 9.17) is 0 Å². The van der Waals surface area contributed by atoms with Gasteiger partial charge in [-0.1, -0.05) is 23.8 Å². The maximum atomic E-state index is 3.99. The van der Waals surface area contributed by atoms with Crippen molar-refractivity contribution in [2.45, 2.75) is 33.1 Å². The molecule has 0 fully saturated rings. The minimum atomic E-state index is 0.689. The lowest BCUT2D eigenvalue weighted by Crippen LogP contribution is -2.06. The Bertz CT molecular complexity index is 163. The van der Waals surface area contributed by atoms with Gasteiger partial charge in [0, 0.05) is 0 Å². The summed E-state index contributed by atoms with van der Waals surface area (Å²) in [6, 6.07) is 0. The molecule has 0 spiro atoms. The summed E-state index contributed by atoms with van der Waals surface area (Å²) in [4.78, 5) is 0. The van der Waals surface area contributed by atoms with E-state index >= 15 is 0 Å². The second-order valence-electron chi connectivity index (χ2n) is 3.28. The van der Waals surface area contributed by atoms with E-state index in [0.717, 1.165) is 0 Å². The van der Waals surface area contributed by atoms with Crippen LogP contribution in [-0.4, -0.2) is 0 Å². The van der Waals surface area contributed by atoms with Gasteiger partial charge >= 0.3 is 0 Å². The van der Waals surface area contributed by atoms with E-state index in [2.05, 4.69) is 26.5 Å². The monoisotopic (exact) mass is 136 g/mol. The van der Waals surface area contributed by atoms with E-state index in [1.54, 1.807) is 0 Å². The van der Waals surface area contributed by atoms with Crippen LogP contribution >= 0.6 is 0 Å². The second kappa shape index (κ2) is 3.05. The number of hydrogen-bond acceptors (Lipinski definition) is 0. The van der Waals surface area contributed by atoms with Crippen LogP contribution in [0.2, 0.25) is 0 Å². The largest absolute Gasteiger partial charge is 0.0995 e. The van der Waals surface area contributed by atoms with Crippen molar-refractivity contribution in [2.75, 3.05) is 0 Å². The molecule has 10 heavy (non-hydrogen) atoms. The van der Waals surface area contributed by atoms with Crippen molar-refractivity contribution in [1.82, 2.24) is 0 Å². The van der Waals surface area contributed by atoms with Crippen molar-refractivity contribution < 1.29 is 0 Å². The molecule has 0 aliphatic heterocycles. The summed E-state index contributed by atoms with van der Waals surface area (Å²) >= 11 is 0. The fourth-order valence-corrected chi connectivity index (χ4v) is 1.66. The molecular formula is C10H16. The van der Waals surface area contributed by atoms with E-state index < -0.39 is 0 Å². The van der Waals surface area contributed by atoms with Gasteiger partial charge in [-0.15, -0.1) is 0 Å². The third-order valence-corrected chi connectivity index (χ3v) is 2.31. The molecule has 1 rings (SSSR count). The Morgan fingerprint density at radius 3 is 2.80 bits per heavy atom. The molecule has 0 bridgehead atoms. The Hall–Kier alpha value is -0.520. The van der Waals surface area contributed by atoms with Gasteiger partial charge in [0.15, 0.2) is 0 Å². The molecule has 0 aromatic carbocycles. The Balaban J connectivity index is 2.67. The normalized spacial score (nSPS) is 25.8. The molecular weight excluding hydrogens is 120 g/mol. The molecule has 0 heteroatoms. The zero-order chi connectivity index (χ0) is 7.56. The third-order valence-electron chi connectivity index (χ3n) is 2.31. The lowest BCUT2D eigenvalue weighted by atomic mass is 9.84. The first kappa shape index (κ1) is 7.59. The van der Waals surface area contributed by atoms with Crippen LogP contribution in [0.3, 0.4) is 0 Å². The van der Waals surface area contributed by atoms with Crippen LogP contribution < -0.4 is 0 Å².